The number of ketones is 1. The maximum Gasteiger partial charge on any atom is 0.573 e. The lowest BCUT2D eigenvalue weighted by atomic mass is 9.77. The highest BCUT2D eigenvalue weighted by molar-refractivity contribution is 6.03. The van der Waals surface area contributed by atoms with Crippen molar-refractivity contribution in [1.82, 2.24) is 14.6 Å². The van der Waals surface area contributed by atoms with Crippen molar-refractivity contribution in [2.24, 2.45) is 11.3 Å². The number of hydrogen-bond donors (Lipinski definition) is 3. The van der Waals surface area contributed by atoms with Crippen molar-refractivity contribution in [2.45, 2.75) is 33.6 Å². The van der Waals surface area contributed by atoms with Gasteiger partial charge >= 0.3 is 18.4 Å². The second kappa shape index (κ2) is 11.3. The summed E-state index contributed by atoms with van der Waals surface area (Å²) in [5, 5.41) is 22.8. The number of aliphatic carboxylic acids is 1. The first kappa shape index (κ1) is 29.1. The van der Waals surface area contributed by atoms with Crippen LogP contribution in [-0.2, 0) is 4.79 Å². The number of carbonyl (C=O) groups is 3. The number of benzene rings is 2. The van der Waals surface area contributed by atoms with Gasteiger partial charge in [0.2, 0.25) is 0 Å². The zero-order chi connectivity index (χ0) is 29.9. The van der Waals surface area contributed by atoms with E-state index in [1.165, 1.54) is 18.2 Å². The molecule has 41 heavy (non-hydrogen) atoms. The number of halogens is 3. The molecule has 2 aromatic carbocycles. The Kier molecular flexibility index (Phi) is 7.99. The molecule has 0 aliphatic heterocycles. The highest BCUT2D eigenvalue weighted by atomic mass is 19.4. The SMILES string of the molecule is CC(C)(C)[C@H](CC(=O)c1cccn2c(-c3ccc(NC(=O)Nc4ccccc4OC(F)(F)F)cc3)nnc12)C(=O)O. The number of ether oxygens (including phenoxy) is 1. The summed E-state index contributed by atoms with van der Waals surface area (Å²) < 4.78 is 43.5. The number of aromatic nitrogens is 3. The molecular weight excluding hydrogens is 543 g/mol. The number of carboxylic acids is 1. The minimum atomic E-state index is -4.92. The Morgan fingerprint density at radius 1 is 0.951 bits per heavy atom. The number of Topliss-reactive ketones (excluding diaryl/α,β-unsaturated/α-hetero) is 1. The Hall–Kier alpha value is -4.94. The predicted molar refractivity (Wildman–Crippen MR) is 144 cm³/mol. The van der Waals surface area contributed by atoms with Gasteiger partial charge in [-0.25, -0.2) is 4.79 Å². The van der Waals surface area contributed by atoms with E-state index in [-0.39, 0.29) is 29.1 Å². The van der Waals surface area contributed by atoms with Crippen LogP contribution >= 0.6 is 0 Å². The lowest BCUT2D eigenvalue weighted by molar-refractivity contribution is -0.274. The first-order valence-electron chi connectivity index (χ1n) is 12.4. The molecule has 1 atom stereocenters. The highest BCUT2D eigenvalue weighted by Crippen LogP contribution is 2.32. The first-order valence-corrected chi connectivity index (χ1v) is 12.4. The van der Waals surface area contributed by atoms with Gasteiger partial charge in [-0.15, -0.1) is 23.4 Å². The summed E-state index contributed by atoms with van der Waals surface area (Å²) in [5.41, 5.74) is 0.648. The van der Waals surface area contributed by atoms with E-state index >= 15 is 0 Å². The normalized spacial score (nSPS) is 12.5. The molecule has 13 heteroatoms. The van der Waals surface area contributed by atoms with E-state index in [1.54, 1.807) is 67.8 Å². The first-order chi connectivity index (χ1) is 19.2. The van der Waals surface area contributed by atoms with E-state index in [1.807, 2.05) is 0 Å². The van der Waals surface area contributed by atoms with E-state index in [0.717, 1.165) is 6.07 Å². The summed E-state index contributed by atoms with van der Waals surface area (Å²) in [7, 11) is 0. The fourth-order valence-corrected chi connectivity index (χ4v) is 4.16. The Bertz CT molecular complexity index is 1590. The highest BCUT2D eigenvalue weighted by Gasteiger charge is 2.34. The van der Waals surface area contributed by atoms with Crippen molar-refractivity contribution >= 4 is 34.8 Å². The van der Waals surface area contributed by atoms with Gasteiger partial charge < -0.3 is 20.5 Å². The van der Waals surface area contributed by atoms with Crippen molar-refractivity contribution in [2.75, 3.05) is 10.6 Å². The van der Waals surface area contributed by atoms with Crippen LogP contribution in [0, 0.1) is 11.3 Å². The third kappa shape index (κ3) is 6.99. The van der Waals surface area contributed by atoms with E-state index < -0.39 is 35.4 Å². The number of carboxylic acid groups (broad SMARTS) is 1. The molecule has 214 valence electrons. The summed E-state index contributed by atoms with van der Waals surface area (Å²) in [6, 6.07) is 14.0. The minimum Gasteiger partial charge on any atom is -0.481 e. The van der Waals surface area contributed by atoms with Crippen LogP contribution in [0.2, 0.25) is 0 Å². The molecule has 3 N–H and O–H groups in total. The number of alkyl halides is 3. The number of nitrogens with one attached hydrogen (secondary N) is 2. The predicted octanol–water partition coefficient (Wildman–Crippen LogP) is 6.26. The van der Waals surface area contributed by atoms with Gasteiger partial charge in [0.1, 0.15) is 0 Å². The lowest BCUT2D eigenvalue weighted by Gasteiger charge is -2.26. The van der Waals surface area contributed by atoms with E-state index in [2.05, 4.69) is 25.6 Å². The molecule has 2 amide bonds. The van der Waals surface area contributed by atoms with Gasteiger partial charge in [-0.1, -0.05) is 32.9 Å². The average Bonchev–Trinajstić information content (AvgIpc) is 3.31. The van der Waals surface area contributed by atoms with Crippen LogP contribution < -0.4 is 15.4 Å². The third-order valence-corrected chi connectivity index (χ3v) is 6.23. The Labute approximate surface area is 232 Å². The van der Waals surface area contributed by atoms with Gasteiger partial charge in [0.25, 0.3) is 0 Å². The summed E-state index contributed by atoms with van der Waals surface area (Å²) in [6.45, 7) is 5.29. The molecule has 10 nitrogen and oxygen atoms in total. The largest absolute Gasteiger partial charge is 0.573 e. The van der Waals surface area contributed by atoms with Gasteiger partial charge in [-0.2, -0.15) is 0 Å². The van der Waals surface area contributed by atoms with Gasteiger partial charge in [-0.05, 0) is 53.9 Å². The molecule has 0 aliphatic carbocycles. The number of nitrogens with zero attached hydrogens (tertiary/aromatic N) is 3. The third-order valence-electron chi connectivity index (χ3n) is 6.23. The maximum absolute atomic E-state index is 13.1. The zero-order valence-corrected chi connectivity index (χ0v) is 22.2. The van der Waals surface area contributed by atoms with Crippen molar-refractivity contribution in [1.29, 1.82) is 0 Å². The summed E-state index contributed by atoms with van der Waals surface area (Å²) >= 11 is 0. The second-order valence-corrected chi connectivity index (χ2v) is 10.2. The topological polar surface area (TPSA) is 135 Å². The lowest BCUT2D eigenvalue weighted by Crippen LogP contribution is -2.30. The molecule has 4 rings (SSSR count). The van der Waals surface area contributed by atoms with Gasteiger partial charge in [0, 0.05) is 23.9 Å². The van der Waals surface area contributed by atoms with E-state index in [0.29, 0.717) is 17.1 Å². The number of anilines is 2. The molecule has 0 unspecified atom stereocenters. The van der Waals surface area contributed by atoms with Crippen LogP contribution in [0.5, 0.6) is 5.75 Å². The fraction of sp³-hybridized carbons (Fsp3) is 0.250. The average molecular weight is 570 g/mol. The number of carbonyl (C=O) groups excluding carboxylic acids is 2. The number of para-hydroxylation sites is 2. The van der Waals surface area contributed by atoms with Crippen LogP contribution in [0.15, 0.2) is 66.9 Å². The molecule has 0 radical (unpaired) electrons. The smallest absolute Gasteiger partial charge is 0.481 e. The van der Waals surface area contributed by atoms with Crippen LogP contribution in [0.4, 0.5) is 29.3 Å². The van der Waals surface area contributed by atoms with Crippen molar-refractivity contribution < 1.29 is 37.4 Å². The maximum atomic E-state index is 13.1. The number of rotatable bonds is 8. The summed E-state index contributed by atoms with van der Waals surface area (Å²) in [6.07, 6.45) is -3.45. The van der Waals surface area contributed by atoms with Crippen LogP contribution in [0.1, 0.15) is 37.6 Å². The van der Waals surface area contributed by atoms with Crippen molar-refractivity contribution in [3.05, 3.63) is 72.4 Å². The molecule has 4 aromatic rings. The van der Waals surface area contributed by atoms with Crippen molar-refractivity contribution in [3.8, 4) is 17.1 Å². The van der Waals surface area contributed by atoms with Crippen LogP contribution in [0.3, 0.4) is 0 Å². The molecule has 0 bridgehead atoms. The number of fused-ring (bicyclic) bond motifs is 1. The van der Waals surface area contributed by atoms with Gasteiger partial charge in [0.15, 0.2) is 23.0 Å². The molecule has 0 aliphatic rings. The van der Waals surface area contributed by atoms with Crippen LogP contribution in [-0.4, -0.2) is 43.9 Å². The molecule has 0 saturated carbocycles. The molecule has 2 heterocycles. The monoisotopic (exact) mass is 569 g/mol. The van der Waals surface area contributed by atoms with E-state index in [4.69, 9.17) is 0 Å². The minimum absolute atomic E-state index is 0.170. The number of urea groups is 1. The molecule has 0 saturated heterocycles. The summed E-state index contributed by atoms with van der Waals surface area (Å²) in [4.78, 5) is 37.2. The summed E-state index contributed by atoms with van der Waals surface area (Å²) in [5.74, 6) is -2.47. The molecule has 0 spiro atoms. The standard InChI is InChI=1S/C28H26F3N5O5/c1-27(2,3)19(25(38)39)15-21(37)18-7-6-14-36-23(34-35-24(18)36)16-10-12-17(13-11-16)32-26(40)33-20-8-4-5-9-22(20)41-28(29,30)31/h4-14,19H,15H2,1-3H3,(H,38,39)(H2,32,33,40)/t19-/m1/s1. The Balaban J connectivity index is 1.50. The quantitative estimate of drug-likeness (QED) is 0.213. The Morgan fingerprint density at radius 3 is 2.27 bits per heavy atom. The molecule has 2 aromatic heterocycles. The molecule has 0 fully saturated rings. The van der Waals surface area contributed by atoms with Crippen molar-refractivity contribution in [3.63, 3.8) is 0 Å². The van der Waals surface area contributed by atoms with Crippen LogP contribution in [0.25, 0.3) is 17.0 Å². The fourth-order valence-electron chi connectivity index (χ4n) is 4.16. The van der Waals surface area contributed by atoms with E-state index in [9.17, 15) is 32.7 Å². The second-order valence-electron chi connectivity index (χ2n) is 10.2. The number of pyridine rings is 1. The Morgan fingerprint density at radius 2 is 1.63 bits per heavy atom. The van der Waals surface area contributed by atoms with Gasteiger partial charge in [-0.3, -0.25) is 14.0 Å². The number of hydrogen-bond acceptors (Lipinski definition) is 6. The van der Waals surface area contributed by atoms with Gasteiger partial charge in [0.05, 0.1) is 17.2 Å². The molecular formula is C28H26F3N5O5. The zero-order valence-electron chi connectivity index (χ0n) is 22.2. The number of amides is 2.